The van der Waals surface area contributed by atoms with Crippen molar-refractivity contribution in [1.29, 1.82) is 0 Å². The number of carbonyl (C=O) groups excluding carboxylic acids is 1. The number of hydrogen-bond acceptors (Lipinski definition) is 8. The first-order chi connectivity index (χ1) is 31.8. The number of nitrogens with one attached hydrogen (secondary N) is 1. The van der Waals surface area contributed by atoms with Gasteiger partial charge in [0, 0.05) is 6.42 Å². The van der Waals surface area contributed by atoms with Crippen LogP contribution in [0.25, 0.3) is 0 Å². The molecular formula is C56H107NO8. The molecule has 65 heavy (non-hydrogen) atoms. The Hall–Kier alpha value is -1.33. The molecule has 1 heterocycles. The van der Waals surface area contributed by atoms with E-state index in [4.69, 9.17) is 9.47 Å². The van der Waals surface area contributed by atoms with Crippen molar-refractivity contribution in [3.05, 3.63) is 24.3 Å². The van der Waals surface area contributed by atoms with Crippen molar-refractivity contribution in [2.75, 3.05) is 13.2 Å². The van der Waals surface area contributed by atoms with Crippen LogP contribution < -0.4 is 5.32 Å². The Bertz CT molecular complexity index is 1070. The Balaban J connectivity index is 2.24. The van der Waals surface area contributed by atoms with Crippen LogP contribution in [0.2, 0.25) is 0 Å². The SMILES string of the molecule is CCCCCCCCC/C=C\CCCCCCCCCC(=O)NC(COC1OC(CO)C(O)C(O)C1O)C(O)/C=C/CCCCCCCCCCCCCCCCCCCCCCCC. The Morgan fingerprint density at radius 3 is 1.25 bits per heavy atom. The van der Waals surface area contributed by atoms with Crippen molar-refractivity contribution in [2.24, 2.45) is 0 Å². The molecule has 7 unspecified atom stereocenters. The monoisotopic (exact) mass is 922 g/mol. The Morgan fingerprint density at radius 2 is 0.862 bits per heavy atom. The lowest BCUT2D eigenvalue weighted by Crippen LogP contribution is -2.60. The van der Waals surface area contributed by atoms with Gasteiger partial charge in [0.2, 0.25) is 5.91 Å². The van der Waals surface area contributed by atoms with Gasteiger partial charge >= 0.3 is 0 Å². The zero-order chi connectivity index (χ0) is 47.3. The van der Waals surface area contributed by atoms with Gasteiger partial charge in [0.05, 0.1) is 25.4 Å². The molecule has 1 aliphatic rings. The summed E-state index contributed by atoms with van der Waals surface area (Å²) in [6.45, 7) is 3.80. The summed E-state index contributed by atoms with van der Waals surface area (Å²) < 4.78 is 11.3. The van der Waals surface area contributed by atoms with E-state index < -0.39 is 49.5 Å². The van der Waals surface area contributed by atoms with Crippen LogP contribution in [-0.4, -0.2) is 87.5 Å². The molecule has 0 spiro atoms. The zero-order valence-corrected chi connectivity index (χ0v) is 42.5. The summed E-state index contributed by atoms with van der Waals surface area (Å²) in [5.74, 6) is -0.178. The molecule has 0 aromatic carbocycles. The zero-order valence-electron chi connectivity index (χ0n) is 42.5. The molecule has 0 saturated carbocycles. The van der Waals surface area contributed by atoms with Crippen molar-refractivity contribution >= 4 is 5.91 Å². The molecule has 0 aliphatic carbocycles. The van der Waals surface area contributed by atoms with E-state index in [0.717, 1.165) is 38.5 Å². The van der Waals surface area contributed by atoms with Crippen molar-refractivity contribution in [3.8, 4) is 0 Å². The van der Waals surface area contributed by atoms with Gasteiger partial charge in [-0.2, -0.15) is 0 Å². The summed E-state index contributed by atoms with van der Waals surface area (Å²) in [5.41, 5.74) is 0. The third-order valence-electron chi connectivity index (χ3n) is 13.5. The van der Waals surface area contributed by atoms with E-state index in [2.05, 4.69) is 31.3 Å². The van der Waals surface area contributed by atoms with Gasteiger partial charge in [-0.1, -0.05) is 244 Å². The van der Waals surface area contributed by atoms with Gasteiger partial charge in [-0.15, -0.1) is 0 Å². The number of hydrogen-bond donors (Lipinski definition) is 6. The summed E-state index contributed by atoms with van der Waals surface area (Å²) in [4.78, 5) is 13.0. The van der Waals surface area contributed by atoms with E-state index >= 15 is 0 Å². The molecule has 1 amide bonds. The molecule has 0 bridgehead atoms. The highest BCUT2D eigenvalue weighted by molar-refractivity contribution is 5.76. The number of amides is 1. The fourth-order valence-electron chi connectivity index (χ4n) is 9.04. The molecular weight excluding hydrogens is 815 g/mol. The van der Waals surface area contributed by atoms with Gasteiger partial charge < -0.3 is 40.3 Å². The normalized spacial score (nSPS) is 20.0. The number of aliphatic hydroxyl groups is 5. The molecule has 9 nitrogen and oxygen atoms in total. The van der Waals surface area contributed by atoms with E-state index in [-0.39, 0.29) is 12.5 Å². The van der Waals surface area contributed by atoms with E-state index in [1.165, 1.54) is 212 Å². The van der Waals surface area contributed by atoms with Gasteiger partial charge in [-0.25, -0.2) is 0 Å². The van der Waals surface area contributed by atoms with Gasteiger partial charge in [0.25, 0.3) is 0 Å². The lowest BCUT2D eigenvalue weighted by atomic mass is 9.99. The van der Waals surface area contributed by atoms with Crippen molar-refractivity contribution in [1.82, 2.24) is 5.32 Å². The molecule has 7 atom stereocenters. The highest BCUT2D eigenvalue weighted by Crippen LogP contribution is 2.23. The lowest BCUT2D eigenvalue weighted by Gasteiger charge is -2.40. The first kappa shape index (κ1) is 61.7. The Kier molecular flexibility index (Phi) is 44.0. The molecule has 384 valence electrons. The smallest absolute Gasteiger partial charge is 0.220 e. The predicted octanol–water partition coefficient (Wildman–Crippen LogP) is 13.4. The van der Waals surface area contributed by atoms with Crippen molar-refractivity contribution in [3.63, 3.8) is 0 Å². The van der Waals surface area contributed by atoms with Gasteiger partial charge in [0.1, 0.15) is 24.4 Å². The number of ether oxygens (including phenoxy) is 2. The second-order valence-corrected chi connectivity index (χ2v) is 19.7. The number of allylic oxidation sites excluding steroid dienone is 3. The third kappa shape index (κ3) is 36.3. The maximum atomic E-state index is 13.0. The van der Waals surface area contributed by atoms with Gasteiger partial charge in [-0.05, 0) is 44.9 Å². The third-order valence-corrected chi connectivity index (χ3v) is 13.5. The minimum Gasteiger partial charge on any atom is -0.394 e. The quantitative estimate of drug-likeness (QED) is 0.0261. The largest absolute Gasteiger partial charge is 0.394 e. The fraction of sp³-hybridized carbons (Fsp3) is 0.911. The number of carbonyl (C=O) groups is 1. The molecule has 9 heteroatoms. The average Bonchev–Trinajstić information content (AvgIpc) is 3.31. The number of rotatable bonds is 48. The van der Waals surface area contributed by atoms with Crippen LogP contribution in [0.3, 0.4) is 0 Å². The van der Waals surface area contributed by atoms with E-state index in [0.29, 0.717) is 6.42 Å². The first-order valence-corrected chi connectivity index (χ1v) is 28.1. The predicted molar refractivity (Wildman–Crippen MR) is 272 cm³/mol. The molecule has 1 saturated heterocycles. The summed E-state index contributed by atoms with van der Waals surface area (Å²) >= 11 is 0. The maximum Gasteiger partial charge on any atom is 0.220 e. The second kappa shape index (κ2) is 46.4. The molecule has 6 N–H and O–H groups in total. The molecule has 1 fully saturated rings. The van der Waals surface area contributed by atoms with Crippen LogP contribution in [0.1, 0.15) is 271 Å². The van der Waals surface area contributed by atoms with Crippen LogP contribution in [0, 0.1) is 0 Å². The highest BCUT2D eigenvalue weighted by atomic mass is 16.7. The second-order valence-electron chi connectivity index (χ2n) is 19.7. The minimum atomic E-state index is -1.57. The van der Waals surface area contributed by atoms with Crippen LogP contribution in [0.4, 0.5) is 0 Å². The van der Waals surface area contributed by atoms with Crippen LogP contribution >= 0.6 is 0 Å². The topological polar surface area (TPSA) is 149 Å². The van der Waals surface area contributed by atoms with Crippen molar-refractivity contribution in [2.45, 2.75) is 314 Å². The van der Waals surface area contributed by atoms with Gasteiger partial charge in [0.15, 0.2) is 6.29 Å². The summed E-state index contributed by atoms with van der Waals surface area (Å²) in [6, 6.07) is -0.805. The molecule has 0 aromatic rings. The molecule has 0 aromatic heterocycles. The van der Waals surface area contributed by atoms with E-state index in [9.17, 15) is 30.3 Å². The fourth-order valence-corrected chi connectivity index (χ4v) is 9.04. The van der Waals surface area contributed by atoms with Gasteiger partial charge in [-0.3, -0.25) is 4.79 Å². The lowest BCUT2D eigenvalue weighted by molar-refractivity contribution is -0.302. The summed E-state index contributed by atoms with van der Waals surface area (Å²) in [5, 5.41) is 54.5. The Labute approximate surface area is 400 Å². The highest BCUT2D eigenvalue weighted by Gasteiger charge is 2.44. The Morgan fingerprint density at radius 1 is 0.508 bits per heavy atom. The van der Waals surface area contributed by atoms with Crippen molar-refractivity contribution < 1.29 is 39.8 Å². The first-order valence-electron chi connectivity index (χ1n) is 28.1. The maximum absolute atomic E-state index is 13.0. The molecule has 1 rings (SSSR count). The van der Waals surface area contributed by atoms with Crippen LogP contribution in [-0.2, 0) is 14.3 Å². The van der Waals surface area contributed by atoms with E-state index in [1.807, 2.05) is 6.08 Å². The molecule has 0 radical (unpaired) electrons. The standard InChI is InChI=1S/C56H107NO8/c1-3-5-7-9-11-13-15-17-19-21-23-24-25-26-27-28-29-31-33-35-37-39-41-43-45-50(59)49(48-64-56-55(63)54(62)53(61)51(47-58)65-56)57-52(60)46-44-42-40-38-36-34-32-30-22-20-18-16-14-12-10-8-6-4-2/h20,22,43,45,49-51,53-56,58-59,61-63H,3-19,21,23-42,44,46-48H2,1-2H3,(H,57,60)/b22-20-,45-43+. The van der Waals surface area contributed by atoms with E-state index in [1.54, 1.807) is 6.08 Å². The number of aliphatic hydroxyl groups excluding tert-OH is 5. The summed E-state index contributed by atoms with van der Waals surface area (Å²) in [7, 11) is 0. The average molecular weight is 922 g/mol. The minimum absolute atomic E-state index is 0.178. The molecule has 1 aliphatic heterocycles. The number of unbranched alkanes of at least 4 members (excludes halogenated alkanes) is 36. The summed E-state index contributed by atoms with van der Waals surface area (Å²) in [6.07, 6.45) is 50.9. The van der Waals surface area contributed by atoms with Crippen LogP contribution in [0.5, 0.6) is 0 Å². The van der Waals surface area contributed by atoms with Crippen LogP contribution in [0.15, 0.2) is 24.3 Å².